The van der Waals surface area contributed by atoms with Gasteiger partial charge in [-0.3, -0.25) is 9.58 Å². The van der Waals surface area contributed by atoms with Crippen molar-refractivity contribution < 1.29 is 5.11 Å². The molecule has 4 nitrogen and oxygen atoms in total. The summed E-state index contributed by atoms with van der Waals surface area (Å²) in [5.74, 6) is 0. The Morgan fingerprint density at radius 3 is 3.14 bits per heavy atom. The molecule has 0 aromatic carbocycles. The molecule has 0 amide bonds. The van der Waals surface area contributed by atoms with Crippen LogP contribution < -0.4 is 0 Å². The minimum absolute atomic E-state index is 0.303. The molecule has 114 valence electrons. The van der Waals surface area contributed by atoms with Crippen molar-refractivity contribution in [1.29, 1.82) is 0 Å². The smallest absolute Gasteiger partial charge is 0.107 e. The van der Waals surface area contributed by atoms with Gasteiger partial charge in [-0.05, 0) is 43.7 Å². The Bertz CT molecular complexity index is 564. The number of aromatic nitrogens is 2. The highest BCUT2D eigenvalue weighted by atomic mass is 32.1. The van der Waals surface area contributed by atoms with E-state index in [4.69, 9.17) is 5.11 Å². The lowest BCUT2D eigenvalue weighted by Gasteiger charge is -2.24. The molecule has 2 aromatic heterocycles. The number of thiophene rings is 1. The fraction of sp³-hybridized carbons (Fsp3) is 0.562. The van der Waals surface area contributed by atoms with Gasteiger partial charge in [0.15, 0.2) is 0 Å². The average molecular weight is 305 g/mol. The van der Waals surface area contributed by atoms with Crippen LogP contribution in [0.1, 0.15) is 31.2 Å². The molecule has 0 radical (unpaired) electrons. The minimum Gasteiger partial charge on any atom is -0.396 e. The van der Waals surface area contributed by atoms with E-state index in [1.807, 2.05) is 11.7 Å². The summed E-state index contributed by atoms with van der Waals surface area (Å²) in [6, 6.07) is 4.84. The molecule has 21 heavy (non-hydrogen) atoms. The molecular formula is C16H23N3OS. The first-order valence-corrected chi connectivity index (χ1v) is 8.57. The quantitative estimate of drug-likeness (QED) is 0.892. The van der Waals surface area contributed by atoms with E-state index >= 15 is 0 Å². The van der Waals surface area contributed by atoms with Gasteiger partial charge in [0.1, 0.15) is 5.69 Å². The van der Waals surface area contributed by atoms with Crippen LogP contribution in [0.3, 0.4) is 0 Å². The Kier molecular flexibility index (Phi) is 4.73. The zero-order valence-corrected chi connectivity index (χ0v) is 13.4. The largest absolute Gasteiger partial charge is 0.396 e. The lowest BCUT2D eigenvalue weighted by Crippen LogP contribution is -2.29. The fourth-order valence-corrected chi connectivity index (χ4v) is 3.99. The van der Waals surface area contributed by atoms with Crippen molar-refractivity contribution in [2.24, 2.45) is 7.05 Å². The Morgan fingerprint density at radius 1 is 1.48 bits per heavy atom. The molecule has 0 bridgehead atoms. The van der Waals surface area contributed by atoms with Crippen LogP contribution in [0.4, 0.5) is 0 Å². The van der Waals surface area contributed by atoms with Crippen LogP contribution in [0.15, 0.2) is 23.7 Å². The number of aryl methyl sites for hydroxylation is 1. The van der Waals surface area contributed by atoms with Crippen molar-refractivity contribution in [2.75, 3.05) is 13.2 Å². The summed E-state index contributed by atoms with van der Waals surface area (Å²) in [7, 11) is 1.99. The molecule has 3 heterocycles. The van der Waals surface area contributed by atoms with Gasteiger partial charge in [-0.1, -0.05) is 6.07 Å². The number of hydrogen-bond acceptors (Lipinski definition) is 4. The van der Waals surface area contributed by atoms with Gasteiger partial charge in [0, 0.05) is 38.0 Å². The molecule has 1 N–H and O–H groups in total. The van der Waals surface area contributed by atoms with Gasteiger partial charge in [-0.25, -0.2) is 0 Å². The highest BCUT2D eigenvalue weighted by Gasteiger charge is 2.25. The predicted molar refractivity (Wildman–Crippen MR) is 86.3 cm³/mol. The molecule has 5 heteroatoms. The van der Waals surface area contributed by atoms with Gasteiger partial charge >= 0.3 is 0 Å². The van der Waals surface area contributed by atoms with Gasteiger partial charge in [-0.2, -0.15) is 5.10 Å². The first kappa shape index (κ1) is 14.8. The lowest BCUT2D eigenvalue weighted by atomic mass is 10.1. The van der Waals surface area contributed by atoms with E-state index in [0.717, 1.165) is 31.6 Å². The van der Waals surface area contributed by atoms with Crippen LogP contribution in [0.2, 0.25) is 0 Å². The highest BCUT2D eigenvalue weighted by molar-refractivity contribution is 7.13. The number of likely N-dealkylation sites (tertiary alicyclic amines) is 1. The molecule has 1 saturated heterocycles. The fourth-order valence-electron chi connectivity index (χ4n) is 3.25. The molecule has 1 fully saturated rings. The first-order chi connectivity index (χ1) is 10.3. The van der Waals surface area contributed by atoms with Gasteiger partial charge in [0.05, 0.1) is 4.88 Å². The van der Waals surface area contributed by atoms with E-state index in [2.05, 4.69) is 33.7 Å². The lowest BCUT2D eigenvalue weighted by molar-refractivity contribution is 0.210. The highest BCUT2D eigenvalue weighted by Crippen LogP contribution is 2.30. The maximum atomic E-state index is 9.04. The van der Waals surface area contributed by atoms with Crippen LogP contribution in [-0.2, 0) is 13.6 Å². The Labute approximate surface area is 130 Å². The molecule has 2 aromatic rings. The van der Waals surface area contributed by atoms with Crippen molar-refractivity contribution in [3.8, 4) is 10.6 Å². The second-order valence-corrected chi connectivity index (χ2v) is 6.73. The average Bonchev–Trinajstić information content (AvgIpc) is 3.18. The zero-order valence-electron chi connectivity index (χ0n) is 12.5. The van der Waals surface area contributed by atoms with Crippen molar-refractivity contribution in [2.45, 2.75) is 38.3 Å². The second kappa shape index (κ2) is 6.73. The zero-order chi connectivity index (χ0) is 14.7. The van der Waals surface area contributed by atoms with Crippen LogP contribution >= 0.6 is 11.3 Å². The third kappa shape index (κ3) is 3.36. The van der Waals surface area contributed by atoms with Crippen LogP contribution in [0.5, 0.6) is 0 Å². The van der Waals surface area contributed by atoms with Crippen molar-refractivity contribution in [3.63, 3.8) is 0 Å². The van der Waals surface area contributed by atoms with Gasteiger partial charge < -0.3 is 5.11 Å². The first-order valence-electron chi connectivity index (χ1n) is 7.69. The minimum atomic E-state index is 0.303. The molecule has 0 aliphatic carbocycles. The van der Waals surface area contributed by atoms with E-state index in [1.165, 1.54) is 23.3 Å². The predicted octanol–water partition coefficient (Wildman–Crippen LogP) is 2.89. The normalized spacial score (nSPS) is 19.4. The summed E-state index contributed by atoms with van der Waals surface area (Å²) in [5.41, 5.74) is 2.44. The van der Waals surface area contributed by atoms with Gasteiger partial charge in [0.2, 0.25) is 0 Å². The van der Waals surface area contributed by atoms with E-state index in [0.29, 0.717) is 12.6 Å². The summed E-state index contributed by atoms with van der Waals surface area (Å²) < 4.78 is 1.92. The molecular weight excluding hydrogens is 282 g/mol. The number of aliphatic hydroxyl groups excluding tert-OH is 1. The Morgan fingerprint density at radius 2 is 2.38 bits per heavy atom. The maximum absolute atomic E-state index is 9.04. The van der Waals surface area contributed by atoms with E-state index in [1.54, 1.807) is 11.3 Å². The van der Waals surface area contributed by atoms with Crippen LogP contribution in [-0.4, -0.2) is 39.0 Å². The summed E-state index contributed by atoms with van der Waals surface area (Å²) in [5, 5.41) is 15.8. The molecule has 0 spiro atoms. The summed E-state index contributed by atoms with van der Waals surface area (Å²) >= 11 is 1.75. The summed E-state index contributed by atoms with van der Waals surface area (Å²) in [4.78, 5) is 3.81. The van der Waals surface area contributed by atoms with Crippen molar-refractivity contribution >= 4 is 11.3 Å². The number of hydrogen-bond donors (Lipinski definition) is 1. The van der Waals surface area contributed by atoms with Gasteiger partial charge in [0.25, 0.3) is 0 Å². The van der Waals surface area contributed by atoms with E-state index in [9.17, 15) is 0 Å². The SMILES string of the molecule is Cn1cc(CN2CCCC2CCCO)c(-c2cccs2)n1. The molecule has 3 rings (SSSR count). The Balaban J connectivity index is 1.75. The van der Waals surface area contributed by atoms with E-state index < -0.39 is 0 Å². The topological polar surface area (TPSA) is 41.3 Å². The number of nitrogens with zero attached hydrogens (tertiary/aromatic N) is 3. The summed E-state index contributed by atoms with van der Waals surface area (Å²) in [6.45, 7) is 2.43. The molecule has 1 aliphatic heterocycles. The van der Waals surface area contributed by atoms with Gasteiger partial charge in [-0.15, -0.1) is 11.3 Å². The van der Waals surface area contributed by atoms with Crippen LogP contribution in [0, 0.1) is 0 Å². The third-order valence-corrected chi connectivity index (χ3v) is 5.10. The standard InChI is InChI=1S/C16H23N3OS/c1-18-11-13(16(17-18)15-7-4-10-21-15)12-19-8-2-5-14(19)6-3-9-20/h4,7,10-11,14,20H,2-3,5-6,8-9,12H2,1H3. The van der Waals surface area contributed by atoms with Crippen LogP contribution in [0.25, 0.3) is 10.6 Å². The maximum Gasteiger partial charge on any atom is 0.107 e. The second-order valence-electron chi connectivity index (χ2n) is 5.79. The van der Waals surface area contributed by atoms with Crippen molar-refractivity contribution in [1.82, 2.24) is 14.7 Å². The molecule has 0 saturated carbocycles. The molecule has 1 unspecified atom stereocenters. The molecule has 1 atom stereocenters. The van der Waals surface area contributed by atoms with E-state index in [-0.39, 0.29) is 0 Å². The number of rotatable bonds is 6. The number of aliphatic hydroxyl groups is 1. The monoisotopic (exact) mass is 305 g/mol. The Hall–Kier alpha value is -1.17. The van der Waals surface area contributed by atoms with Crippen molar-refractivity contribution in [3.05, 3.63) is 29.3 Å². The third-order valence-electron chi connectivity index (χ3n) is 4.23. The molecule has 1 aliphatic rings. The summed E-state index contributed by atoms with van der Waals surface area (Å²) in [6.07, 6.45) is 6.69.